The van der Waals surface area contributed by atoms with E-state index in [9.17, 15) is 0 Å². The molecule has 0 saturated heterocycles. The maximum absolute atomic E-state index is 5.04. The van der Waals surface area contributed by atoms with E-state index in [1.807, 2.05) is 0 Å². The standard InChI is InChI=1S/C66H49NS/c1-64(2)53-19-11-9-15-43(53)45-29-25-40(35-56(45)64)61-49-17-7-8-18-50(49)62(41-26-30-46-44-16-10-12-20-54(44)65(3,4)57(46)36-41)52-33-38(24-32-51(52)61)39-23-28-47-48-31-27-42(37-58(48)66(5,6)55(47)34-39)63-67-59-21-13-14-22-60(59)68-63/h7-37H,1-6H3. The van der Waals surface area contributed by atoms with Crippen LogP contribution in [-0.2, 0) is 16.2 Å². The molecule has 10 aromatic carbocycles. The Morgan fingerprint density at radius 3 is 1.26 bits per heavy atom. The quantitative estimate of drug-likeness (QED) is 0.160. The van der Waals surface area contributed by atoms with Gasteiger partial charge in [0.15, 0.2) is 0 Å². The summed E-state index contributed by atoms with van der Waals surface area (Å²) in [6.45, 7) is 14.3. The summed E-state index contributed by atoms with van der Waals surface area (Å²) in [5.41, 5.74) is 25.8. The first-order valence-electron chi connectivity index (χ1n) is 24.1. The van der Waals surface area contributed by atoms with Gasteiger partial charge in [-0.25, -0.2) is 4.98 Å². The lowest BCUT2D eigenvalue weighted by atomic mass is 9.79. The van der Waals surface area contributed by atoms with Crippen molar-refractivity contribution in [1.29, 1.82) is 0 Å². The molecule has 1 nitrogen and oxygen atoms in total. The number of benzene rings is 10. The first-order chi connectivity index (χ1) is 33.0. The van der Waals surface area contributed by atoms with Crippen molar-refractivity contribution in [2.75, 3.05) is 0 Å². The summed E-state index contributed by atoms with van der Waals surface area (Å²) in [4.78, 5) is 5.04. The molecule has 1 heterocycles. The Morgan fingerprint density at radius 2 is 0.691 bits per heavy atom. The molecule has 3 aliphatic rings. The molecule has 68 heavy (non-hydrogen) atoms. The van der Waals surface area contributed by atoms with Gasteiger partial charge < -0.3 is 0 Å². The van der Waals surface area contributed by atoms with Gasteiger partial charge in [0.25, 0.3) is 0 Å². The van der Waals surface area contributed by atoms with Gasteiger partial charge in [0, 0.05) is 21.8 Å². The van der Waals surface area contributed by atoms with E-state index in [1.165, 1.54) is 132 Å². The van der Waals surface area contributed by atoms with Crippen molar-refractivity contribution in [3.05, 3.63) is 221 Å². The molecule has 0 fully saturated rings. The molecule has 0 N–H and O–H groups in total. The average Bonchev–Trinajstić information content (AvgIpc) is 4.04. The number of aromatic nitrogens is 1. The molecule has 324 valence electrons. The molecule has 0 amide bonds. The fraction of sp³-hybridized carbons (Fsp3) is 0.136. The molecule has 1 aromatic heterocycles. The van der Waals surface area contributed by atoms with Gasteiger partial charge in [0.1, 0.15) is 5.01 Å². The van der Waals surface area contributed by atoms with Crippen molar-refractivity contribution >= 4 is 43.1 Å². The predicted molar refractivity (Wildman–Crippen MR) is 289 cm³/mol. The van der Waals surface area contributed by atoms with Gasteiger partial charge in [-0.1, -0.05) is 187 Å². The van der Waals surface area contributed by atoms with Gasteiger partial charge >= 0.3 is 0 Å². The third kappa shape index (κ3) is 5.41. The van der Waals surface area contributed by atoms with Crippen LogP contribution >= 0.6 is 11.3 Å². The van der Waals surface area contributed by atoms with Crippen molar-refractivity contribution in [1.82, 2.24) is 4.98 Å². The van der Waals surface area contributed by atoms with Crippen LogP contribution in [0.3, 0.4) is 0 Å². The largest absolute Gasteiger partial charge is 0.236 e. The molecule has 3 aliphatic carbocycles. The van der Waals surface area contributed by atoms with Crippen LogP contribution in [0.25, 0.3) is 109 Å². The number of nitrogens with zero attached hydrogens (tertiary/aromatic N) is 1. The first kappa shape index (κ1) is 39.7. The Balaban J connectivity index is 0.968. The molecule has 0 radical (unpaired) electrons. The van der Waals surface area contributed by atoms with E-state index >= 15 is 0 Å². The van der Waals surface area contributed by atoms with Crippen molar-refractivity contribution in [2.24, 2.45) is 0 Å². The molecule has 0 unspecified atom stereocenters. The summed E-state index contributed by atoms with van der Waals surface area (Å²) in [5, 5.41) is 6.18. The Morgan fingerprint density at radius 1 is 0.309 bits per heavy atom. The minimum Gasteiger partial charge on any atom is -0.236 e. The van der Waals surface area contributed by atoms with Gasteiger partial charge in [-0.15, -0.1) is 11.3 Å². The molecule has 2 heteroatoms. The van der Waals surface area contributed by atoms with Crippen molar-refractivity contribution in [3.8, 4) is 77.3 Å². The maximum Gasteiger partial charge on any atom is 0.124 e. The predicted octanol–water partition coefficient (Wildman–Crippen LogP) is 18.2. The van der Waals surface area contributed by atoms with Crippen molar-refractivity contribution < 1.29 is 0 Å². The van der Waals surface area contributed by atoms with Crippen LogP contribution < -0.4 is 0 Å². The second-order valence-corrected chi connectivity index (χ2v) is 22.1. The monoisotopic (exact) mass is 887 g/mol. The first-order valence-corrected chi connectivity index (χ1v) is 24.9. The van der Waals surface area contributed by atoms with Crippen LogP contribution in [0.1, 0.15) is 74.9 Å². The highest BCUT2D eigenvalue weighted by Gasteiger charge is 2.38. The van der Waals surface area contributed by atoms with E-state index in [-0.39, 0.29) is 16.2 Å². The van der Waals surface area contributed by atoms with E-state index < -0.39 is 0 Å². The van der Waals surface area contributed by atoms with Gasteiger partial charge in [0.2, 0.25) is 0 Å². The third-order valence-corrected chi connectivity index (χ3v) is 17.4. The van der Waals surface area contributed by atoms with E-state index in [4.69, 9.17) is 4.98 Å². The zero-order valence-corrected chi connectivity index (χ0v) is 40.1. The van der Waals surface area contributed by atoms with Crippen LogP contribution in [0.5, 0.6) is 0 Å². The third-order valence-electron chi connectivity index (χ3n) is 16.3. The topological polar surface area (TPSA) is 12.9 Å². The number of thiazole rings is 1. The Labute approximate surface area is 402 Å². The number of para-hydroxylation sites is 1. The summed E-state index contributed by atoms with van der Waals surface area (Å²) in [6.07, 6.45) is 0. The molecule has 0 aliphatic heterocycles. The lowest BCUT2D eigenvalue weighted by Crippen LogP contribution is -2.15. The van der Waals surface area contributed by atoms with Gasteiger partial charge in [0.05, 0.1) is 10.2 Å². The summed E-state index contributed by atoms with van der Waals surface area (Å²) >= 11 is 1.77. The van der Waals surface area contributed by atoms with Crippen molar-refractivity contribution in [2.45, 2.75) is 57.8 Å². The Hall–Kier alpha value is -7.39. The van der Waals surface area contributed by atoms with Crippen molar-refractivity contribution in [3.63, 3.8) is 0 Å². The van der Waals surface area contributed by atoms with Crippen LogP contribution in [-0.4, -0.2) is 4.98 Å². The number of hydrogen-bond acceptors (Lipinski definition) is 2. The zero-order valence-electron chi connectivity index (χ0n) is 39.3. The van der Waals surface area contributed by atoms with Crippen LogP contribution in [0.2, 0.25) is 0 Å². The molecular formula is C66H49NS. The average molecular weight is 888 g/mol. The second-order valence-electron chi connectivity index (χ2n) is 21.1. The van der Waals surface area contributed by atoms with Crippen LogP contribution in [0.15, 0.2) is 188 Å². The molecule has 14 rings (SSSR count). The Kier molecular flexibility index (Phi) is 8.09. The molecule has 11 aromatic rings. The van der Waals surface area contributed by atoms with Crippen LogP contribution in [0, 0.1) is 0 Å². The smallest absolute Gasteiger partial charge is 0.124 e. The summed E-state index contributed by atoms with van der Waals surface area (Å²) < 4.78 is 1.22. The lowest BCUT2D eigenvalue weighted by molar-refractivity contribution is 0.660. The van der Waals surface area contributed by atoms with Gasteiger partial charge in [-0.2, -0.15) is 0 Å². The molecule has 0 spiro atoms. The van der Waals surface area contributed by atoms with E-state index in [1.54, 1.807) is 11.3 Å². The normalized spacial score (nSPS) is 15.3. The molecule has 0 atom stereocenters. The fourth-order valence-electron chi connectivity index (χ4n) is 12.7. The molecular weight excluding hydrogens is 839 g/mol. The van der Waals surface area contributed by atoms with E-state index in [2.05, 4.69) is 230 Å². The Bertz CT molecular complexity index is 3970. The number of hydrogen-bond donors (Lipinski definition) is 0. The van der Waals surface area contributed by atoms with E-state index in [0.29, 0.717) is 0 Å². The molecule has 0 bridgehead atoms. The second kappa shape index (κ2) is 13.8. The summed E-state index contributed by atoms with van der Waals surface area (Å²) in [6, 6.07) is 71.6. The maximum atomic E-state index is 5.04. The highest BCUT2D eigenvalue weighted by atomic mass is 32.1. The highest BCUT2D eigenvalue weighted by Crippen LogP contribution is 2.55. The minimum atomic E-state index is -0.186. The van der Waals surface area contributed by atoms with Gasteiger partial charge in [-0.3, -0.25) is 0 Å². The number of fused-ring (bicyclic) bond motifs is 12. The SMILES string of the molecule is CC1(C)c2cc(-c3ccc4c(-c5ccc6c(c5)C(C)(C)c5ccccc5-6)c5ccccc5c(-c5ccc6c(c5)C(C)(C)c5ccccc5-6)c4c3)ccc2-c2ccc(-c3nc4ccccc4s3)cc21. The number of rotatable bonds is 4. The van der Waals surface area contributed by atoms with Crippen LogP contribution in [0.4, 0.5) is 0 Å². The molecule has 0 saturated carbocycles. The summed E-state index contributed by atoms with van der Waals surface area (Å²) in [5.74, 6) is 0. The highest BCUT2D eigenvalue weighted by molar-refractivity contribution is 7.21. The van der Waals surface area contributed by atoms with E-state index in [0.717, 1.165) is 10.5 Å². The summed E-state index contributed by atoms with van der Waals surface area (Å²) in [7, 11) is 0. The zero-order chi connectivity index (χ0) is 45.8. The minimum absolute atomic E-state index is 0.104. The van der Waals surface area contributed by atoms with Gasteiger partial charge in [-0.05, 0) is 164 Å². The fourth-order valence-corrected chi connectivity index (χ4v) is 13.7. The lowest BCUT2D eigenvalue weighted by Gasteiger charge is -2.24.